The van der Waals surface area contributed by atoms with Gasteiger partial charge in [-0.3, -0.25) is 16.0 Å². The van der Waals surface area contributed by atoms with Crippen LogP contribution in [0.4, 0.5) is 17.1 Å². The summed E-state index contributed by atoms with van der Waals surface area (Å²) in [5, 5.41) is 20.8. The van der Waals surface area contributed by atoms with Crippen molar-refractivity contribution in [1.29, 1.82) is 0 Å². The van der Waals surface area contributed by atoms with E-state index in [0.717, 1.165) is 0 Å². The molecule has 0 bridgehead atoms. The fourth-order valence-electron chi connectivity index (χ4n) is 1.81. The third-order valence-electron chi connectivity index (χ3n) is 2.39. The van der Waals surface area contributed by atoms with Gasteiger partial charge in [-0.2, -0.15) is 0 Å². The van der Waals surface area contributed by atoms with Crippen LogP contribution in [0.25, 0.3) is 0 Å². The molecule has 0 saturated heterocycles. The number of anilines is 2. The van der Waals surface area contributed by atoms with E-state index in [9.17, 15) is 15.2 Å². The molecule has 0 fully saturated rings. The van der Waals surface area contributed by atoms with Gasteiger partial charge < -0.3 is 15.4 Å². The Bertz CT molecular complexity index is 442. The molecule has 1 aromatic rings. The molecule has 0 saturated carbocycles. The van der Waals surface area contributed by atoms with Gasteiger partial charge in [0, 0.05) is 13.6 Å². The molecular weight excluding hydrogens is 236 g/mol. The average molecular weight is 254 g/mol. The Hall–Kier alpha value is -1.86. The average Bonchev–Trinajstić information content (AvgIpc) is 2.25. The van der Waals surface area contributed by atoms with E-state index in [0.29, 0.717) is 5.69 Å². The van der Waals surface area contributed by atoms with Crippen molar-refractivity contribution in [3.63, 3.8) is 0 Å². The minimum absolute atomic E-state index is 0.105. The van der Waals surface area contributed by atoms with Crippen LogP contribution >= 0.6 is 0 Å². The van der Waals surface area contributed by atoms with Gasteiger partial charge in [0.25, 0.3) is 0 Å². The lowest BCUT2D eigenvalue weighted by Crippen LogP contribution is -2.36. The highest BCUT2D eigenvalue weighted by atomic mass is 16.6. The molecule has 1 aromatic carbocycles. The van der Waals surface area contributed by atoms with Crippen LogP contribution in [0.2, 0.25) is 0 Å². The normalized spacial score (nSPS) is 11.2. The van der Waals surface area contributed by atoms with E-state index < -0.39 is 10.5 Å². The number of rotatable bonds is 5. The first kappa shape index (κ1) is 14.2. The Morgan fingerprint density at radius 1 is 1.56 bits per heavy atom. The summed E-state index contributed by atoms with van der Waals surface area (Å²) >= 11 is 0. The van der Waals surface area contributed by atoms with Crippen LogP contribution in [0.15, 0.2) is 18.2 Å². The number of nitrogens with one attached hydrogen (secondary N) is 1. The van der Waals surface area contributed by atoms with Crippen LogP contribution in [0.5, 0.6) is 0 Å². The highest BCUT2D eigenvalue weighted by Crippen LogP contribution is 2.34. The standard InChI is InChI=1S/C11H18N4O3/c1-11(2,16)7-14(3)9-6-4-5-8(13-12)10(9)15(17)18/h4-6,13,16H,7,12H2,1-3H3. The Morgan fingerprint density at radius 3 is 2.61 bits per heavy atom. The van der Waals surface area contributed by atoms with Crippen molar-refractivity contribution in [2.24, 2.45) is 5.84 Å². The lowest BCUT2D eigenvalue weighted by atomic mass is 10.1. The number of benzene rings is 1. The summed E-state index contributed by atoms with van der Waals surface area (Å²) < 4.78 is 0. The van der Waals surface area contributed by atoms with Gasteiger partial charge in [0.2, 0.25) is 0 Å². The summed E-state index contributed by atoms with van der Waals surface area (Å²) in [5.41, 5.74) is 1.89. The van der Waals surface area contributed by atoms with Crippen LogP contribution in [0.3, 0.4) is 0 Å². The number of hydrogen-bond donors (Lipinski definition) is 3. The Labute approximate surface area is 105 Å². The smallest absolute Gasteiger partial charge is 0.316 e. The summed E-state index contributed by atoms with van der Waals surface area (Å²) in [6, 6.07) is 4.81. The molecule has 0 aliphatic rings. The zero-order chi connectivity index (χ0) is 13.9. The molecule has 100 valence electrons. The number of aliphatic hydroxyl groups is 1. The highest BCUT2D eigenvalue weighted by Gasteiger charge is 2.24. The molecule has 0 spiro atoms. The molecule has 0 aliphatic heterocycles. The van der Waals surface area contributed by atoms with Crippen molar-refractivity contribution in [3.8, 4) is 0 Å². The second kappa shape index (κ2) is 5.19. The third kappa shape index (κ3) is 3.31. The molecular formula is C11H18N4O3. The van der Waals surface area contributed by atoms with Gasteiger partial charge in [-0.05, 0) is 26.0 Å². The number of nitro groups is 1. The molecule has 0 radical (unpaired) electrons. The fourth-order valence-corrected chi connectivity index (χ4v) is 1.81. The molecule has 0 unspecified atom stereocenters. The number of para-hydroxylation sites is 1. The first-order valence-corrected chi connectivity index (χ1v) is 5.44. The number of nitrogen functional groups attached to an aromatic ring is 1. The number of nitrogens with zero attached hydrogens (tertiary/aromatic N) is 2. The van der Waals surface area contributed by atoms with Crippen molar-refractivity contribution < 1.29 is 10.0 Å². The molecule has 0 aliphatic carbocycles. The summed E-state index contributed by atoms with van der Waals surface area (Å²) in [6.45, 7) is 3.54. The largest absolute Gasteiger partial charge is 0.389 e. The van der Waals surface area contributed by atoms with Crippen molar-refractivity contribution in [2.45, 2.75) is 19.4 Å². The number of nitrogens with two attached hydrogens (primary N) is 1. The van der Waals surface area contributed by atoms with E-state index in [4.69, 9.17) is 5.84 Å². The van der Waals surface area contributed by atoms with Gasteiger partial charge in [0.1, 0.15) is 11.4 Å². The van der Waals surface area contributed by atoms with Gasteiger partial charge in [-0.25, -0.2) is 0 Å². The molecule has 0 amide bonds. The predicted molar refractivity (Wildman–Crippen MR) is 70.5 cm³/mol. The minimum atomic E-state index is -0.950. The Kier molecular flexibility index (Phi) is 4.10. The number of hydrogen-bond acceptors (Lipinski definition) is 6. The maximum absolute atomic E-state index is 11.1. The van der Waals surface area contributed by atoms with Crippen LogP contribution in [-0.4, -0.2) is 29.2 Å². The third-order valence-corrected chi connectivity index (χ3v) is 2.39. The quantitative estimate of drug-likeness (QED) is 0.412. The minimum Gasteiger partial charge on any atom is -0.389 e. The van der Waals surface area contributed by atoms with Gasteiger partial charge in [-0.15, -0.1) is 0 Å². The van der Waals surface area contributed by atoms with Crippen molar-refractivity contribution in [2.75, 3.05) is 23.9 Å². The van der Waals surface area contributed by atoms with Gasteiger partial charge in [-0.1, -0.05) is 6.07 Å². The maximum Gasteiger partial charge on any atom is 0.316 e. The Morgan fingerprint density at radius 2 is 2.17 bits per heavy atom. The number of hydrazine groups is 1. The lowest BCUT2D eigenvalue weighted by molar-refractivity contribution is -0.383. The lowest BCUT2D eigenvalue weighted by Gasteiger charge is -2.27. The summed E-state index contributed by atoms with van der Waals surface area (Å²) in [7, 11) is 1.68. The first-order valence-electron chi connectivity index (χ1n) is 5.44. The molecule has 4 N–H and O–H groups in total. The monoisotopic (exact) mass is 254 g/mol. The molecule has 0 aromatic heterocycles. The van der Waals surface area contributed by atoms with E-state index in [-0.39, 0.29) is 17.9 Å². The van der Waals surface area contributed by atoms with Crippen LogP contribution in [-0.2, 0) is 0 Å². The van der Waals surface area contributed by atoms with E-state index in [1.54, 1.807) is 37.9 Å². The van der Waals surface area contributed by atoms with Crippen molar-refractivity contribution in [1.82, 2.24) is 0 Å². The summed E-state index contributed by atoms with van der Waals surface area (Å²) in [6.07, 6.45) is 0. The predicted octanol–water partition coefficient (Wildman–Crippen LogP) is 1.09. The molecule has 7 nitrogen and oxygen atoms in total. The van der Waals surface area contributed by atoms with Crippen LogP contribution in [0, 0.1) is 10.1 Å². The van der Waals surface area contributed by atoms with Crippen molar-refractivity contribution in [3.05, 3.63) is 28.3 Å². The van der Waals surface area contributed by atoms with Gasteiger partial charge >= 0.3 is 5.69 Å². The van der Waals surface area contributed by atoms with E-state index in [1.807, 2.05) is 0 Å². The topological polar surface area (TPSA) is 105 Å². The molecule has 1 rings (SSSR count). The molecule has 7 heteroatoms. The van der Waals surface area contributed by atoms with E-state index >= 15 is 0 Å². The van der Waals surface area contributed by atoms with Crippen molar-refractivity contribution >= 4 is 17.1 Å². The highest BCUT2D eigenvalue weighted by molar-refractivity contribution is 5.76. The maximum atomic E-state index is 11.1. The molecule has 0 heterocycles. The van der Waals surface area contributed by atoms with Gasteiger partial charge in [0.05, 0.1) is 10.5 Å². The zero-order valence-corrected chi connectivity index (χ0v) is 10.7. The zero-order valence-electron chi connectivity index (χ0n) is 10.7. The number of nitro benzene ring substituents is 1. The van der Waals surface area contributed by atoms with Crippen LogP contribution in [0.1, 0.15) is 13.8 Å². The van der Waals surface area contributed by atoms with Gasteiger partial charge in [0.15, 0.2) is 0 Å². The second-order valence-electron chi connectivity index (χ2n) is 4.74. The summed E-state index contributed by atoms with van der Waals surface area (Å²) in [5.74, 6) is 5.26. The van der Waals surface area contributed by atoms with Crippen LogP contribution < -0.4 is 16.2 Å². The Balaban J connectivity index is 3.19. The first-order chi connectivity index (χ1) is 8.26. The van der Waals surface area contributed by atoms with E-state index in [1.165, 1.54) is 6.07 Å². The number of likely N-dealkylation sites (N-methyl/N-ethyl adjacent to an activating group) is 1. The molecule has 18 heavy (non-hydrogen) atoms. The van der Waals surface area contributed by atoms with E-state index in [2.05, 4.69) is 5.43 Å². The molecule has 0 atom stereocenters. The second-order valence-corrected chi connectivity index (χ2v) is 4.74. The SMILES string of the molecule is CN(CC(C)(C)O)c1cccc(NN)c1[N+](=O)[O-]. The summed E-state index contributed by atoms with van der Waals surface area (Å²) in [4.78, 5) is 12.2. The fraction of sp³-hybridized carbons (Fsp3) is 0.455.